The van der Waals surface area contributed by atoms with Gasteiger partial charge in [0.2, 0.25) is 5.91 Å². The summed E-state index contributed by atoms with van der Waals surface area (Å²) in [5, 5.41) is 11.2. The molecule has 0 aliphatic heterocycles. The topological polar surface area (TPSA) is 184 Å². The van der Waals surface area contributed by atoms with Crippen molar-refractivity contribution in [2.75, 3.05) is 33.0 Å². The Hall–Kier alpha value is -2.76. The maximum atomic E-state index is 11.8. The fourth-order valence-corrected chi connectivity index (χ4v) is 3.69. The Kier molecular flexibility index (Phi) is 24.4. The number of nitrogens with two attached hydrogens (primary N) is 1. The molecule has 2 unspecified atom stereocenters. The van der Waals surface area contributed by atoms with Crippen molar-refractivity contribution >= 4 is 25.9 Å². The van der Waals surface area contributed by atoms with Crippen LogP contribution in [0.1, 0.15) is 71.1 Å². The normalized spacial score (nSPS) is 14.1. The molecule has 234 valence electrons. The van der Waals surface area contributed by atoms with Gasteiger partial charge in [-0.15, -0.1) is 0 Å². The molecule has 0 aliphatic rings. The van der Waals surface area contributed by atoms with E-state index in [1.807, 2.05) is 6.08 Å². The zero-order chi connectivity index (χ0) is 30.6. The van der Waals surface area contributed by atoms with Gasteiger partial charge in [-0.2, -0.15) is 0 Å². The smallest absolute Gasteiger partial charge is 0.480 e. The molecule has 0 saturated carbocycles. The van der Waals surface area contributed by atoms with Gasteiger partial charge in [0.25, 0.3) is 0 Å². The van der Waals surface area contributed by atoms with Crippen molar-refractivity contribution in [2.24, 2.45) is 5.73 Å². The van der Waals surface area contributed by atoms with Crippen molar-refractivity contribution in [3.8, 4) is 0 Å². The molecule has 41 heavy (non-hydrogen) atoms. The van der Waals surface area contributed by atoms with E-state index in [4.69, 9.17) is 15.6 Å². The third-order valence-electron chi connectivity index (χ3n) is 5.17. The fourth-order valence-electron chi connectivity index (χ4n) is 2.96. The summed E-state index contributed by atoms with van der Waals surface area (Å²) in [6.45, 7) is 0.560. The van der Waals surface area contributed by atoms with Crippen LogP contribution in [-0.2, 0) is 32.7 Å². The van der Waals surface area contributed by atoms with Crippen molar-refractivity contribution in [2.45, 2.75) is 77.2 Å². The van der Waals surface area contributed by atoms with Gasteiger partial charge in [-0.3, -0.25) is 18.6 Å². The van der Waals surface area contributed by atoms with Crippen molar-refractivity contribution < 1.29 is 47.5 Å². The summed E-state index contributed by atoms with van der Waals surface area (Å²) >= 11 is 0. The van der Waals surface area contributed by atoms with Crippen molar-refractivity contribution in [3.63, 3.8) is 0 Å². The van der Waals surface area contributed by atoms with Crippen LogP contribution in [0.15, 0.2) is 48.6 Å². The lowest BCUT2D eigenvalue weighted by atomic mass is 10.2. The van der Waals surface area contributed by atoms with Gasteiger partial charge < -0.3 is 30.5 Å². The standard InChI is InChI=1S/C28H47N2O10P/c1-2-3-4-5-6-7-8-9-10-11-12-13-14-15-16-17-18-19-26(31)30-20-21-37-28(34)38-22-23-39-41(35,36)40-24-25(29)27(32)33/h6-7,9-10,12-13,15-16,25H,2-5,8,11,14,17-24,29H2,1H3,(H,30,31)(H,32,33)(H,35,36)/b7-6-,10-9-,13-12-,16-15-. The van der Waals surface area contributed by atoms with E-state index in [0.717, 1.165) is 25.7 Å². The minimum Gasteiger partial charge on any atom is -0.480 e. The number of carbonyl (C=O) groups excluding carboxylic acids is 2. The molecule has 0 aromatic heterocycles. The molecule has 0 radical (unpaired) electrons. The van der Waals surface area contributed by atoms with E-state index in [-0.39, 0.29) is 19.1 Å². The number of ether oxygens (including phenoxy) is 2. The number of aliphatic carboxylic acids is 1. The number of amides is 1. The Morgan fingerprint density at radius 2 is 1.39 bits per heavy atom. The van der Waals surface area contributed by atoms with Crippen LogP contribution >= 0.6 is 7.82 Å². The van der Waals surface area contributed by atoms with E-state index in [9.17, 15) is 23.8 Å². The Labute approximate surface area is 243 Å². The van der Waals surface area contributed by atoms with Crippen LogP contribution in [0.25, 0.3) is 0 Å². The van der Waals surface area contributed by atoms with Gasteiger partial charge in [0.15, 0.2) is 0 Å². The summed E-state index contributed by atoms with van der Waals surface area (Å²) in [5.74, 6) is -1.57. The summed E-state index contributed by atoms with van der Waals surface area (Å²) in [4.78, 5) is 43.2. The van der Waals surface area contributed by atoms with Gasteiger partial charge >= 0.3 is 19.9 Å². The number of nitrogens with one attached hydrogen (secondary N) is 1. The Bertz CT molecular complexity index is 889. The van der Waals surface area contributed by atoms with Crippen LogP contribution < -0.4 is 11.1 Å². The molecule has 0 saturated heterocycles. The Morgan fingerprint density at radius 3 is 1.98 bits per heavy atom. The Balaban J connectivity index is 3.67. The summed E-state index contributed by atoms with van der Waals surface area (Å²) in [7, 11) is -4.55. The van der Waals surface area contributed by atoms with E-state index in [2.05, 4.69) is 68.6 Å². The van der Waals surface area contributed by atoms with Crippen molar-refractivity contribution in [3.05, 3.63) is 48.6 Å². The van der Waals surface area contributed by atoms with Crippen LogP contribution in [0.2, 0.25) is 0 Å². The maximum Gasteiger partial charge on any atom is 0.508 e. The van der Waals surface area contributed by atoms with E-state index in [1.165, 1.54) is 25.7 Å². The summed E-state index contributed by atoms with van der Waals surface area (Å²) in [6.07, 6.45) is 25.7. The monoisotopic (exact) mass is 602 g/mol. The second-order valence-electron chi connectivity index (χ2n) is 8.82. The van der Waals surface area contributed by atoms with Gasteiger partial charge in [0.1, 0.15) is 19.3 Å². The highest BCUT2D eigenvalue weighted by Gasteiger charge is 2.24. The predicted octanol–water partition coefficient (Wildman–Crippen LogP) is 4.95. The van der Waals surface area contributed by atoms with Crippen LogP contribution in [0.3, 0.4) is 0 Å². The van der Waals surface area contributed by atoms with Crippen LogP contribution in [0, 0.1) is 0 Å². The van der Waals surface area contributed by atoms with Crippen LogP contribution in [0.5, 0.6) is 0 Å². The summed E-state index contributed by atoms with van der Waals surface area (Å²) in [6, 6.07) is -1.49. The van der Waals surface area contributed by atoms with Crippen molar-refractivity contribution in [1.29, 1.82) is 0 Å². The lowest BCUT2D eigenvalue weighted by Gasteiger charge is -2.13. The molecule has 0 rings (SSSR count). The number of phosphoric ester groups is 1. The molecule has 2 atom stereocenters. The molecule has 0 aromatic carbocycles. The summed E-state index contributed by atoms with van der Waals surface area (Å²) in [5.41, 5.74) is 5.14. The number of carboxylic acid groups (broad SMARTS) is 1. The SMILES string of the molecule is CCCCC/C=C\C/C=C\C/C=C\C/C=C\CCCC(=O)NCCOC(=O)OCCOP(=O)(O)OCC(N)C(=O)O. The van der Waals surface area contributed by atoms with Gasteiger partial charge in [-0.1, -0.05) is 68.4 Å². The Morgan fingerprint density at radius 1 is 0.829 bits per heavy atom. The first-order valence-corrected chi connectivity index (χ1v) is 15.4. The first-order chi connectivity index (χ1) is 19.7. The zero-order valence-corrected chi connectivity index (χ0v) is 24.9. The number of unbranched alkanes of at least 4 members (excludes halogenated alkanes) is 4. The highest BCUT2D eigenvalue weighted by Crippen LogP contribution is 2.42. The molecule has 0 aromatic rings. The third-order valence-corrected chi connectivity index (χ3v) is 6.15. The average Bonchev–Trinajstić information content (AvgIpc) is 2.93. The molecule has 0 bridgehead atoms. The fraction of sp³-hybridized carbons (Fsp3) is 0.607. The van der Waals surface area contributed by atoms with Crippen molar-refractivity contribution in [1.82, 2.24) is 5.32 Å². The molecule has 0 fully saturated rings. The molecular formula is C28H47N2O10P. The quantitative estimate of drug-likeness (QED) is 0.0480. The molecule has 0 spiro atoms. The van der Waals surface area contributed by atoms with E-state index >= 15 is 0 Å². The highest BCUT2D eigenvalue weighted by atomic mass is 31.2. The van der Waals surface area contributed by atoms with E-state index in [1.54, 1.807) is 0 Å². The minimum atomic E-state index is -4.55. The number of phosphoric acid groups is 1. The number of allylic oxidation sites excluding steroid dienone is 8. The molecule has 1 amide bonds. The molecule has 13 heteroatoms. The molecular weight excluding hydrogens is 555 g/mol. The average molecular weight is 603 g/mol. The first-order valence-electron chi connectivity index (χ1n) is 13.9. The summed E-state index contributed by atoms with van der Waals surface area (Å²) < 4.78 is 29.9. The zero-order valence-electron chi connectivity index (χ0n) is 24.0. The van der Waals surface area contributed by atoms with Gasteiger partial charge in [0.05, 0.1) is 19.8 Å². The third kappa shape index (κ3) is 27.2. The molecule has 0 heterocycles. The molecule has 0 aliphatic carbocycles. The number of carbonyl (C=O) groups is 3. The molecule has 5 N–H and O–H groups in total. The second kappa shape index (κ2) is 26.2. The van der Waals surface area contributed by atoms with Gasteiger partial charge in [-0.05, 0) is 44.9 Å². The molecule has 12 nitrogen and oxygen atoms in total. The minimum absolute atomic E-state index is 0.109. The van der Waals surface area contributed by atoms with Crippen LogP contribution in [0.4, 0.5) is 4.79 Å². The highest BCUT2D eigenvalue weighted by molar-refractivity contribution is 7.47. The maximum absolute atomic E-state index is 11.8. The first kappa shape index (κ1) is 38.2. The second-order valence-corrected chi connectivity index (χ2v) is 10.3. The largest absolute Gasteiger partial charge is 0.508 e. The van der Waals surface area contributed by atoms with E-state index < -0.39 is 45.8 Å². The number of rotatable bonds is 25. The lowest BCUT2D eigenvalue weighted by Crippen LogP contribution is -2.34. The van der Waals surface area contributed by atoms with E-state index in [0.29, 0.717) is 12.8 Å². The number of carboxylic acids is 1. The number of hydrogen-bond donors (Lipinski definition) is 4. The van der Waals surface area contributed by atoms with Gasteiger partial charge in [0, 0.05) is 6.42 Å². The lowest BCUT2D eigenvalue weighted by molar-refractivity contribution is -0.139. The predicted molar refractivity (Wildman–Crippen MR) is 156 cm³/mol. The van der Waals surface area contributed by atoms with Gasteiger partial charge in [-0.25, -0.2) is 9.36 Å². The number of hydrogen-bond acceptors (Lipinski definition) is 9. The van der Waals surface area contributed by atoms with Crippen LogP contribution in [-0.4, -0.2) is 67.0 Å².